The number of hydrogen-bond donors (Lipinski definition) is 0. The van der Waals surface area contributed by atoms with Crippen LogP contribution in [0.3, 0.4) is 0 Å². The highest BCUT2D eigenvalue weighted by atomic mass is 16.7. The van der Waals surface area contributed by atoms with Crippen molar-refractivity contribution in [1.82, 2.24) is 0 Å². The summed E-state index contributed by atoms with van der Waals surface area (Å²) in [4.78, 5) is 47.0. The van der Waals surface area contributed by atoms with E-state index in [0.29, 0.717) is 11.5 Å². The molecule has 2 aliphatic rings. The zero-order valence-corrected chi connectivity index (χ0v) is 18.4. The molecule has 2 aromatic rings. The fourth-order valence-corrected chi connectivity index (χ4v) is 3.69. The molecule has 4 rings (SSSR count). The van der Waals surface area contributed by atoms with Crippen molar-refractivity contribution in [3.05, 3.63) is 59.7 Å². The first-order chi connectivity index (χ1) is 16.3. The standard InChI is InChI=1S/C24H22O10/c1-13(25)31-17-7-3-15(4-8-17)23(27)33-19-11-29-22-20(12-30-21(19)22)34-24(28)16-5-9-18(10-6-16)32-14(2)26/h3-10,19-22H,11-12H2,1-2H3/t19-,20?,21?,22?/m1/s1. The fourth-order valence-electron chi connectivity index (χ4n) is 3.69. The molecular formula is C24H22O10. The summed E-state index contributed by atoms with van der Waals surface area (Å²) in [6.45, 7) is 2.76. The molecule has 0 saturated carbocycles. The molecule has 10 nitrogen and oxygen atoms in total. The summed E-state index contributed by atoms with van der Waals surface area (Å²) in [5, 5.41) is 0. The molecule has 3 unspecified atom stereocenters. The predicted molar refractivity (Wildman–Crippen MR) is 113 cm³/mol. The summed E-state index contributed by atoms with van der Waals surface area (Å²) >= 11 is 0. The van der Waals surface area contributed by atoms with E-state index in [9.17, 15) is 19.2 Å². The van der Waals surface area contributed by atoms with Crippen LogP contribution in [0.1, 0.15) is 34.6 Å². The maximum absolute atomic E-state index is 12.5. The van der Waals surface area contributed by atoms with Gasteiger partial charge < -0.3 is 28.4 Å². The lowest BCUT2D eigenvalue weighted by Crippen LogP contribution is -2.36. The molecule has 0 aliphatic carbocycles. The Bertz CT molecular complexity index is 988. The summed E-state index contributed by atoms with van der Waals surface area (Å²) in [5.41, 5.74) is 0.551. The summed E-state index contributed by atoms with van der Waals surface area (Å²) in [6, 6.07) is 11.9. The average molecular weight is 470 g/mol. The molecule has 0 spiro atoms. The number of carbonyl (C=O) groups is 4. The molecule has 4 atom stereocenters. The molecule has 2 fully saturated rings. The van der Waals surface area contributed by atoms with Gasteiger partial charge >= 0.3 is 23.9 Å². The molecule has 2 heterocycles. The Morgan fingerprint density at radius 2 is 1.00 bits per heavy atom. The van der Waals surface area contributed by atoms with Crippen molar-refractivity contribution in [2.45, 2.75) is 38.3 Å². The van der Waals surface area contributed by atoms with Gasteiger partial charge in [0.2, 0.25) is 0 Å². The van der Waals surface area contributed by atoms with Crippen LogP contribution in [0.15, 0.2) is 48.5 Å². The summed E-state index contributed by atoms with van der Waals surface area (Å²) in [6.07, 6.45) is -2.49. The Labute approximate surface area is 194 Å². The molecule has 178 valence electrons. The Morgan fingerprint density at radius 1 is 0.647 bits per heavy atom. The van der Waals surface area contributed by atoms with Crippen molar-refractivity contribution in [3.63, 3.8) is 0 Å². The number of rotatable bonds is 6. The van der Waals surface area contributed by atoms with Gasteiger partial charge in [-0.05, 0) is 48.5 Å². The molecular weight excluding hydrogens is 448 g/mol. The van der Waals surface area contributed by atoms with Gasteiger partial charge in [-0.2, -0.15) is 0 Å². The second-order valence-electron chi connectivity index (χ2n) is 7.72. The van der Waals surface area contributed by atoms with Crippen LogP contribution in [-0.4, -0.2) is 61.5 Å². The second-order valence-corrected chi connectivity index (χ2v) is 7.72. The number of fused-ring (bicyclic) bond motifs is 1. The minimum Gasteiger partial charge on any atom is -0.453 e. The molecule has 2 aromatic carbocycles. The third kappa shape index (κ3) is 5.41. The van der Waals surface area contributed by atoms with Crippen LogP contribution in [0.5, 0.6) is 11.5 Å². The molecule has 10 heteroatoms. The molecule has 0 aromatic heterocycles. The van der Waals surface area contributed by atoms with E-state index in [-0.39, 0.29) is 24.3 Å². The van der Waals surface area contributed by atoms with Gasteiger partial charge in [0.25, 0.3) is 0 Å². The Morgan fingerprint density at radius 3 is 1.32 bits per heavy atom. The van der Waals surface area contributed by atoms with Crippen molar-refractivity contribution in [2.24, 2.45) is 0 Å². The number of hydrogen-bond acceptors (Lipinski definition) is 10. The minimum atomic E-state index is -0.669. The third-order valence-corrected chi connectivity index (χ3v) is 5.18. The van der Waals surface area contributed by atoms with Gasteiger partial charge in [0.05, 0.1) is 24.3 Å². The molecule has 0 amide bonds. The largest absolute Gasteiger partial charge is 0.453 e. The molecule has 0 bridgehead atoms. The first-order valence-electron chi connectivity index (χ1n) is 10.5. The minimum absolute atomic E-state index is 0.0950. The number of ether oxygens (including phenoxy) is 6. The first kappa shape index (κ1) is 23.4. The highest BCUT2D eigenvalue weighted by Crippen LogP contribution is 2.31. The quantitative estimate of drug-likeness (QED) is 0.458. The molecule has 2 saturated heterocycles. The second kappa shape index (κ2) is 10.0. The lowest BCUT2D eigenvalue weighted by molar-refractivity contribution is -0.132. The van der Waals surface area contributed by atoms with E-state index >= 15 is 0 Å². The molecule has 2 aliphatic heterocycles. The lowest BCUT2D eigenvalue weighted by atomic mass is 10.1. The van der Waals surface area contributed by atoms with Crippen LogP contribution in [0, 0.1) is 0 Å². The molecule has 0 radical (unpaired) electrons. The normalized spacial score (nSPS) is 23.0. The van der Waals surface area contributed by atoms with E-state index in [1.807, 2.05) is 0 Å². The van der Waals surface area contributed by atoms with E-state index < -0.39 is 48.3 Å². The van der Waals surface area contributed by atoms with Crippen molar-refractivity contribution < 1.29 is 47.6 Å². The van der Waals surface area contributed by atoms with Crippen molar-refractivity contribution in [1.29, 1.82) is 0 Å². The zero-order chi connectivity index (χ0) is 24.2. The third-order valence-electron chi connectivity index (χ3n) is 5.18. The fraction of sp³-hybridized carbons (Fsp3) is 0.333. The smallest absolute Gasteiger partial charge is 0.338 e. The maximum atomic E-state index is 12.5. The van der Waals surface area contributed by atoms with E-state index in [1.54, 1.807) is 0 Å². The summed E-state index contributed by atoms with van der Waals surface area (Å²) in [7, 11) is 0. The summed E-state index contributed by atoms with van der Waals surface area (Å²) in [5.74, 6) is -1.45. The Balaban J connectivity index is 1.31. The van der Waals surface area contributed by atoms with Crippen LogP contribution >= 0.6 is 0 Å². The van der Waals surface area contributed by atoms with Gasteiger partial charge in [-0.3, -0.25) is 9.59 Å². The van der Waals surface area contributed by atoms with Crippen LogP contribution in [0.2, 0.25) is 0 Å². The average Bonchev–Trinajstić information content (AvgIpc) is 3.37. The van der Waals surface area contributed by atoms with E-state index in [0.717, 1.165) is 0 Å². The summed E-state index contributed by atoms with van der Waals surface area (Å²) < 4.78 is 32.4. The van der Waals surface area contributed by atoms with Crippen LogP contribution in [0.4, 0.5) is 0 Å². The monoisotopic (exact) mass is 470 g/mol. The van der Waals surface area contributed by atoms with Gasteiger partial charge in [-0.25, -0.2) is 9.59 Å². The van der Waals surface area contributed by atoms with E-state index in [4.69, 9.17) is 28.4 Å². The Hall–Kier alpha value is -3.76. The van der Waals surface area contributed by atoms with Gasteiger partial charge in [-0.1, -0.05) is 0 Å². The number of esters is 4. The van der Waals surface area contributed by atoms with Gasteiger partial charge in [0, 0.05) is 13.8 Å². The van der Waals surface area contributed by atoms with Crippen molar-refractivity contribution >= 4 is 23.9 Å². The highest BCUT2D eigenvalue weighted by Gasteiger charge is 2.51. The van der Waals surface area contributed by atoms with Gasteiger partial charge in [0.15, 0.2) is 12.2 Å². The van der Waals surface area contributed by atoms with E-state index in [1.165, 1.54) is 62.4 Å². The van der Waals surface area contributed by atoms with Crippen LogP contribution in [0.25, 0.3) is 0 Å². The van der Waals surface area contributed by atoms with Gasteiger partial charge in [0.1, 0.15) is 23.7 Å². The van der Waals surface area contributed by atoms with Crippen molar-refractivity contribution in [3.8, 4) is 11.5 Å². The van der Waals surface area contributed by atoms with Gasteiger partial charge in [-0.15, -0.1) is 0 Å². The first-order valence-corrected chi connectivity index (χ1v) is 10.5. The zero-order valence-electron chi connectivity index (χ0n) is 18.4. The van der Waals surface area contributed by atoms with E-state index in [2.05, 4.69) is 0 Å². The topological polar surface area (TPSA) is 124 Å². The Kier molecular flexibility index (Phi) is 6.90. The highest BCUT2D eigenvalue weighted by molar-refractivity contribution is 5.90. The van der Waals surface area contributed by atoms with Crippen LogP contribution < -0.4 is 9.47 Å². The van der Waals surface area contributed by atoms with Crippen LogP contribution in [-0.2, 0) is 28.5 Å². The molecule has 34 heavy (non-hydrogen) atoms. The molecule has 0 N–H and O–H groups in total. The number of benzene rings is 2. The number of carbonyl (C=O) groups excluding carboxylic acids is 4. The SMILES string of the molecule is CC(=O)Oc1ccc(C(=O)OC2COC3C2OC[C@H]3OC(=O)c2ccc(OC(C)=O)cc2)cc1. The lowest BCUT2D eigenvalue weighted by Gasteiger charge is -2.17. The maximum Gasteiger partial charge on any atom is 0.338 e. The van der Waals surface area contributed by atoms with Crippen molar-refractivity contribution in [2.75, 3.05) is 13.2 Å². The predicted octanol–water partition coefficient (Wildman–Crippen LogP) is 2.09.